The molecule has 0 fully saturated rings. The number of benzene rings is 1. The Labute approximate surface area is 145 Å². The number of nitrogens with zero attached hydrogens (tertiary/aromatic N) is 3. The standard InChI is InChI=1S/C17H22BrN3O2/c1-3-5-15-19-16(23-20-15)6-4-7-17(22)21(2)12-13-8-10-14(18)11-9-13/h8-11H,3-7,12H2,1-2H3. The lowest BCUT2D eigenvalue weighted by atomic mass is 10.2. The molecule has 0 atom stereocenters. The van der Waals surface area contributed by atoms with E-state index in [0.29, 0.717) is 25.3 Å². The molecule has 0 unspecified atom stereocenters. The van der Waals surface area contributed by atoms with Crippen molar-refractivity contribution in [1.82, 2.24) is 15.0 Å². The Bertz CT molecular complexity index is 625. The van der Waals surface area contributed by atoms with Crippen LogP contribution >= 0.6 is 15.9 Å². The average molecular weight is 380 g/mol. The van der Waals surface area contributed by atoms with Crippen molar-refractivity contribution in [2.75, 3.05) is 7.05 Å². The van der Waals surface area contributed by atoms with Crippen LogP contribution in [0.25, 0.3) is 0 Å². The van der Waals surface area contributed by atoms with Crippen LogP contribution in [0.2, 0.25) is 0 Å². The molecule has 0 bridgehead atoms. The normalized spacial score (nSPS) is 10.7. The first kappa shape index (κ1) is 17.7. The van der Waals surface area contributed by atoms with Gasteiger partial charge in [-0.3, -0.25) is 4.79 Å². The van der Waals surface area contributed by atoms with Crippen LogP contribution in [0, 0.1) is 0 Å². The second-order valence-electron chi connectivity index (χ2n) is 5.58. The lowest BCUT2D eigenvalue weighted by molar-refractivity contribution is -0.130. The van der Waals surface area contributed by atoms with Crippen molar-refractivity contribution in [2.45, 2.75) is 45.6 Å². The van der Waals surface area contributed by atoms with E-state index in [0.717, 1.165) is 35.1 Å². The molecule has 0 spiro atoms. The van der Waals surface area contributed by atoms with Crippen LogP contribution < -0.4 is 0 Å². The Balaban J connectivity index is 1.73. The monoisotopic (exact) mass is 379 g/mol. The minimum Gasteiger partial charge on any atom is -0.341 e. The van der Waals surface area contributed by atoms with Crippen LogP contribution in [-0.4, -0.2) is 28.0 Å². The highest BCUT2D eigenvalue weighted by atomic mass is 79.9. The Kier molecular flexibility index (Phi) is 6.77. The van der Waals surface area contributed by atoms with Crippen LogP contribution in [0.1, 0.15) is 43.5 Å². The molecule has 0 saturated carbocycles. The molecule has 1 aromatic heterocycles. The summed E-state index contributed by atoms with van der Waals surface area (Å²) in [7, 11) is 1.83. The molecular formula is C17H22BrN3O2. The van der Waals surface area contributed by atoms with Crippen molar-refractivity contribution in [1.29, 1.82) is 0 Å². The zero-order valence-electron chi connectivity index (χ0n) is 13.6. The first-order chi connectivity index (χ1) is 11.1. The second-order valence-corrected chi connectivity index (χ2v) is 6.50. The Morgan fingerprint density at radius 2 is 2.00 bits per heavy atom. The van der Waals surface area contributed by atoms with Crippen LogP contribution in [0.5, 0.6) is 0 Å². The van der Waals surface area contributed by atoms with Gasteiger partial charge in [-0.1, -0.05) is 40.1 Å². The van der Waals surface area contributed by atoms with E-state index in [2.05, 4.69) is 33.0 Å². The van der Waals surface area contributed by atoms with E-state index >= 15 is 0 Å². The summed E-state index contributed by atoms with van der Waals surface area (Å²) in [4.78, 5) is 18.2. The lowest BCUT2D eigenvalue weighted by Gasteiger charge is -2.17. The Morgan fingerprint density at radius 3 is 2.70 bits per heavy atom. The molecule has 0 aliphatic carbocycles. The number of hydrogen-bond donors (Lipinski definition) is 0. The summed E-state index contributed by atoms with van der Waals surface area (Å²) in [5, 5.41) is 3.92. The van der Waals surface area contributed by atoms with Gasteiger partial charge in [0.25, 0.3) is 0 Å². The number of aromatic nitrogens is 2. The maximum Gasteiger partial charge on any atom is 0.226 e. The molecule has 1 heterocycles. The molecule has 1 amide bonds. The number of carbonyl (C=O) groups excluding carboxylic acids is 1. The van der Waals surface area contributed by atoms with E-state index in [1.54, 1.807) is 4.90 Å². The van der Waals surface area contributed by atoms with Gasteiger partial charge in [-0.25, -0.2) is 0 Å². The van der Waals surface area contributed by atoms with E-state index in [-0.39, 0.29) is 5.91 Å². The third-order valence-electron chi connectivity index (χ3n) is 3.52. The van der Waals surface area contributed by atoms with Crippen LogP contribution in [-0.2, 0) is 24.2 Å². The van der Waals surface area contributed by atoms with Gasteiger partial charge >= 0.3 is 0 Å². The third-order valence-corrected chi connectivity index (χ3v) is 4.05. The number of carbonyl (C=O) groups is 1. The number of halogens is 1. The first-order valence-corrected chi connectivity index (χ1v) is 8.67. The highest BCUT2D eigenvalue weighted by Crippen LogP contribution is 2.13. The largest absolute Gasteiger partial charge is 0.341 e. The summed E-state index contributed by atoms with van der Waals surface area (Å²) in [6, 6.07) is 8.00. The van der Waals surface area contributed by atoms with Crippen LogP contribution in [0.3, 0.4) is 0 Å². The molecular weight excluding hydrogens is 358 g/mol. The molecule has 0 radical (unpaired) electrons. The minimum absolute atomic E-state index is 0.126. The fraction of sp³-hybridized carbons (Fsp3) is 0.471. The quantitative estimate of drug-likeness (QED) is 0.700. The topological polar surface area (TPSA) is 59.2 Å². The van der Waals surface area contributed by atoms with Gasteiger partial charge in [0.1, 0.15) is 0 Å². The Hall–Kier alpha value is -1.69. The second kappa shape index (κ2) is 8.82. The van der Waals surface area contributed by atoms with Gasteiger partial charge in [0, 0.05) is 37.3 Å². The van der Waals surface area contributed by atoms with Crippen molar-refractivity contribution in [3.63, 3.8) is 0 Å². The number of hydrogen-bond acceptors (Lipinski definition) is 4. The number of rotatable bonds is 8. The van der Waals surface area contributed by atoms with E-state index in [9.17, 15) is 4.79 Å². The van der Waals surface area contributed by atoms with E-state index in [1.807, 2.05) is 31.3 Å². The summed E-state index contributed by atoms with van der Waals surface area (Å²) in [6.07, 6.45) is 3.68. The van der Waals surface area contributed by atoms with E-state index in [4.69, 9.17) is 4.52 Å². The predicted molar refractivity (Wildman–Crippen MR) is 91.8 cm³/mol. The minimum atomic E-state index is 0.126. The van der Waals surface area contributed by atoms with Gasteiger partial charge in [0.05, 0.1) is 0 Å². The van der Waals surface area contributed by atoms with Crippen LogP contribution in [0.4, 0.5) is 0 Å². The van der Waals surface area contributed by atoms with Crippen molar-refractivity contribution in [3.8, 4) is 0 Å². The predicted octanol–water partition coefficient (Wildman–Crippen LogP) is 3.77. The van der Waals surface area contributed by atoms with Crippen molar-refractivity contribution >= 4 is 21.8 Å². The molecule has 2 rings (SSSR count). The first-order valence-electron chi connectivity index (χ1n) is 7.88. The SMILES string of the molecule is CCCc1noc(CCCC(=O)N(C)Cc2ccc(Br)cc2)n1. The zero-order valence-corrected chi connectivity index (χ0v) is 15.2. The van der Waals surface area contributed by atoms with Gasteiger partial charge in [0.2, 0.25) is 11.8 Å². The van der Waals surface area contributed by atoms with E-state index in [1.165, 1.54) is 0 Å². The fourth-order valence-corrected chi connectivity index (χ4v) is 2.51. The maximum atomic E-state index is 12.2. The molecule has 1 aromatic carbocycles. The van der Waals surface area contributed by atoms with E-state index < -0.39 is 0 Å². The number of amides is 1. The number of aryl methyl sites for hydroxylation is 2. The van der Waals surface area contributed by atoms with Gasteiger partial charge < -0.3 is 9.42 Å². The summed E-state index contributed by atoms with van der Waals surface area (Å²) in [5.74, 6) is 1.50. The lowest BCUT2D eigenvalue weighted by Crippen LogP contribution is -2.25. The van der Waals surface area contributed by atoms with Gasteiger partial charge in [-0.05, 0) is 30.5 Å². The summed E-state index contributed by atoms with van der Waals surface area (Å²) in [5.41, 5.74) is 1.12. The highest BCUT2D eigenvalue weighted by molar-refractivity contribution is 9.10. The Morgan fingerprint density at radius 1 is 1.26 bits per heavy atom. The zero-order chi connectivity index (χ0) is 16.7. The average Bonchev–Trinajstić information content (AvgIpc) is 2.97. The molecule has 6 heteroatoms. The van der Waals surface area contributed by atoms with Crippen molar-refractivity contribution < 1.29 is 9.32 Å². The van der Waals surface area contributed by atoms with Crippen molar-refractivity contribution in [3.05, 3.63) is 46.0 Å². The summed E-state index contributed by atoms with van der Waals surface area (Å²) >= 11 is 3.41. The fourth-order valence-electron chi connectivity index (χ4n) is 2.25. The molecule has 23 heavy (non-hydrogen) atoms. The van der Waals surface area contributed by atoms with Crippen molar-refractivity contribution in [2.24, 2.45) is 0 Å². The molecule has 0 aliphatic rings. The molecule has 0 saturated heterocycles. The smallest absolute Gasteiger partial charge is 0.226 e. The molecule has 124 valence electrons. The molecule has 5 nitrogen and oxygen atoms in total. The highest BCUT2D eigenvalue weighted by Gasteiger charge is 2.11. The summed E-state index contributed by atoms with van der Waals surface area (Å²) < 4.78 is 6.21. The summed E-state index contributed by atoms with van der Waals surface area (Å²) in [6.45, 7) is 2.70. The maximum absolute atomic E-state index is 12.2. The molecule has 0 aliphatic heterocycles. The van der Waals surface area contributed by atoms with Gasteiger partial charge in [-0.15, -0.1) is 0 Å². The molecule has 2 aromatic rings. The van der Waals surface area contributed by atoms with Gasteiger partial charge in [0.15, 0.2) is 5.82 Å². The molecule has 0 N–H and O–H groups in total. The van der Waals surface area contributed by atoms with Crippen LogP contribution in [0.15, 0.2) is 33.3 Å². The van der Waals surface area contributed by atoms with Gasteiger partial charge in [-0.2, -0.15) is 4.98 Å². The third kappa shape index (κ3) is 5.78.